The van der Waals surface area contributed by atoms with Crippen LogP contribution in [0.1, 0.15) is 38.3 Å². The number of rotatable bonds is 6. The minimum atomic E-state index is 0.0807. The van der Waals surface area contributed by atoms with Gasteiger partial charge in [0.2, 0.25) is 17.7 Å². The molecule has 4 heterocycles. The summed E-state index contributed by atoms with van der Waals surface area (Å²) in [7, 11) is 0. The first-order chi connectivity index (χ1) is 17.5. The van der Waals surface area contributed by atoms with E-state index in [1.54, 1.807) is 0 Å². The molecule has 6 rings (SSSR count). The van der Waals surface area contributed by atoms with Crippen LogP contribution in [-0.2, 0) is 11.3 Å². The number of fused-ring (bicyclic) bond motifs is 2. The fourth-order valence-corrected chi connectivity index (χ4v) is 4.86. The zero-order chi connectivity index (χ0) is 24.8. The first-order valence-corrected chi connectivity index (χ1v) is 12.7. The van der Waals surface area contributed by atoms with Crippen LogP contribution in [0.5, 0.6) is 5.88 Å². The molecule has 0 spiro atoms. The van der Waals surface area contributed by atoms with Crippen molar-refractivity contribution < 1.29 is 9.90 Å². The number of pyridine rings is 1. The van der Waals surface area contributed by atoms with Crippen LogP contribution in [0.3, 0.4) is 0 Å². The second-order valence-electron chi connectivity index (χ2n) is 10.1. The summed E-state index contributed by atoms with van der Waals surface area (Å²) in [5.41, 5.74) is 2.54. The standard InChI is InChI=1S/C27H31N7O2/c1-17(2)34-16-21-23(26(34)36)30-27(33-11-9-32(10-12-33)25(35)19-7-8-19)31-24(21)29-15-18-13-20-5-3-4-6-22(20)28-14-18/h3-6,13-14,16-17,19,36H,7-12,15H2,1-2H3,(H,29,30,31). The second kappa shape index (κ2) is 8.96. The number of para-hydroxylation sites is 1. The Morgan fingerprint density at radius 1 is 1.14 bits per heavy atom. The van der Waals surface area contributed by atoms with Gasteiger partial charge in [-0.05, 0) is 44.4 Å². The van der Waals surface area contributed by atoms with Crippen molar-refractivity contribution in [1.82, 2.24) is 24.4 Å². The molecule has 1 aliphatic carbocycles. The maximum absolute atomic E-state index is 12.5. The van der Waals surface area contributed by atoms with E-state index < -0.39 is 0 Å². The summed E-state index contributed by atoms with van der Waals surface area (Å²) in [4.78, 5) is 30.8. The number of amides is 1. The number of benzene rings is 1. The Balaban J connectivity index is 1.29. The monoisotopic (exact) mass is 485 g/mol. The zero-order valence-corrected chi connectivity index (χ0v) is 20.7. The third-order valence-corrected chi connectivity index (χ3v) is 7.12. The largest absolute Gasteiger partial charge is 0.493 e. The van der Waals surface area contributed by atoms with Crippen LogP contribution in [-0.4, -0.2) is 61.6 Å². The molecule has 1 amide bonds. The van der Waals surface area contributed by atoms with Crippen molar-refractivity contribution >= 4 is 39.5 Å². The maximum Gasteiger partial charge on any atom is 0.228 e. The molecule has 0 atom stereocenters. The lowest BCUT2D eigenvalue weighted by molar-refractivity contribution is -0.132. The number of hydrogen-bond acceptors (Lipinski definition) is 7. The molecule has 2 N–H and O–H groups in total. The predicted octanol–water partition coefficient (Wildman–Crippen LogP) is 3.94. The van der Waals surface area contributed by atoms with Crippen LogP contribution < -0.4 is 10.2 Å². The Morgan fingerprint density at radius 2 is 1.92 bits per heavy atom. The minimum Gasteiger partial charge on any atom is -0.493 e. The molecule has 1 saturated heterocycles. The van der Waals surface area contributed by atoms with Gasteiger partial charge in [0.15, 0.2) is 0 Å². The Kier molecular flexibility index (Phi) is 5.62. The topological polar surface area (TPSA) is 99.4 Å². The van der Waals surface area contributed by atoms with Gasteiger partial charge in [-0.1, -0.05) is 18.2 Å². The molecule has 0 bridgehead atoms. The third-order valence-electron chi connectivity index (χ3n) is 7.12. The molecule has 1 aromatic carbocycles. The molecule has 1 saturated carbocycles. The van der Waals surface area contributed by atoms with Crippen molar-refractivity contribution in [1.29, 1.82) is 0 Å². The van der Waals surface area contributed by atoms with Gasteiger partial charge in [-0.3, -0.25) is 9.78 Å². The molecule has 2 aliphatic rings. The van der Waals surface area contributed by atoms with Gasteiger partial charge in [-0.25, -0.2) is 4.98 Å². The van der Waals surface area contributed by atoms with E-state index in [2.05, 4.69) is 27.3 Å². The summed E-state index contributed by atoms with van der Waals surface area (Å²) in [5, 5.41) is 16.3. The number of hydrogen-bond donors (Lipinski definition) is 2. The fourth-order valence-electron chi connectivity index (χ4n) is 4.86. The number of aromatic nitrogens is 4. The number of nitrogens with zero attached hydrogens (tertiary/aromatic N) is 6. The highest BCUT2D eigenvalue weighted by atomic mass is 16.3. The Labute approximate surface area is 209 Å². The van der Waals surface area contributed by atoms with Crippen LogP contribution in [0.2, 0.25) is 0 Å². The number of anilines is 2. The van der Waals surface area contributed by atoms with Gasteiger partial charge in [-0.2, -0.15) is 4.98 Å². The lowest BCUT2D eigenvalue weighted by Gasteiger charge is -2.35. The van der Waals surface area contributed by atoms with Gasteiger partial charge in [0.05, 0.1) is 10.9 Å². The Hall–Kier alpha value is -3.88. The summed E-state index contributed by atoms with van der Waals surface area (Å²) >= 11 is 0. The highest BCUT2D eigenvalue weighted by Gasteiger charge is 2.35. The zero-order valence-electron chi connectivity index (χ0n) is 20.7. The quantitative estimate of drug-likeness (QED) is 0.427. The van der Waals surface area contributed by atoms with Gasteiger partial charge in [-0.15, -0.1) is 0 Å². The smallest absolute Gasteiger partial charge is 0.228 e. The van der Waals surface area contributed by atoms with Gasteiger partial charge in [0.25, 0.3) is 0 Å². The van der Waals surface area contributed by atoms with Crippen LogP contribution >= 0.6 is 0 Å². The lowest BCUT2D eigenvalue weighted by Crippen LogP contribution is -2.49. The normalized spacial score (nSPS) is 16.3. The average molecular weight is 486 g/mol. The van der Waals surface area contributed by atoms with E-state index in [-0.39, 0.29) is 23.7 Å². The van der Waals surface area contributed by atoms with Crippen LogP contribution in [0.25, 0.3) is 21.8 Å². The highest BCUT2D eigenvalue weighted by Crippen LogP contribution is 2.35. The molecular weight excluding hydrogens is 454 g/mol. The van der Waals surface area contributed by atoms with Gasteiger partial charge < -0.3 is 24.8 Å². The van der Waals surface area contributed by atoms with Crippen molar-refractivity contribution in [2.45, 2.75) is 39.3 Å². The van der Waals surface area contributed by atoms with E-state index >= 15 is 0 Å². The van der Waals surface area contributed by atoms with Crippen LogP contribution in [0, 0.1) is 5.92 Å². The molecule has 9 heteroatoms. The van der Waals surface area contributed by atoms with Crippen molar-refractivity contribution in [2.75, 3.05) is 36.4 Å². The first kappa shape index (κ1) is 22.6. The number of carbonyl (C=O) groups is 1. The summed E-state index contributed by atoms with van der Waals surface area (Å²) in [6, 6.07) is 10.3. The van der Waals surface area contributed by atoms with Crippen molar-refractivity contribution in [3.63, 3.8) is 0 Å². The van der Waals surface area contributed by atoms with Crippen molar-refractivity contribution in [3.8, 4) is 5.88 Å². The van der Waals surface area contributed by atoms with E-state index in [0.29, 0.717) is 50.0 Å². The first-order valence-electron chi connectivity index (χ1n) is 12.7. The Bertz CT molecular complexity index is 1440. The molecule has 1 aliphatic heterocycles. The maximum atomic E-state index is 12.5. The molecule has 9 nitrogen and oxygen atoms in total. The molecule has 186 valence electrons. The second-order valence-corrected chi connectivity index (χ2v) is 10.1. The Morgan fingerprint density at radius 3 is 2.67 bits per heavy atom. The summed E-state index contributed by atoms with van der Waals surface area (Å²) in [5.74, 6) is 1.90. The summed E-state index contributed by atoms with van der Waals surface area (Å²) in [6.07, 6.45) is 5.83. The minimum absolute atomic E-state index is 0.0807. The van der Waals surface area contributed by atoms with E-state index in [1.165, 1.54) is 0 Å². The van der Waals surface area contributed by atoms with Crippen molar-refractivity contribution in [3.05, 3.63) is 48.3 Å². The molecule has 0 unspecified atom stereocenters. The SMILES string of the molecule is CC(C)n1cc2c(NCc3cnc4ccccc4c3)nc(N3CCN(C(=O)C4CC4)CC3)nc2c1O. The van der Waals surface area contributed by atoms with Crippen LogP contribution in [0.4, 0.5) is 11.8 Å². The van der Waals surface area contributed by atoms with E-state index in [0.717, 1.165) is 34.7 Å². The molecular formula is C27H31N7O2. The molecule has 4 aromatic rings. The summed E-state index contributed by atoms with van der Waals surface area (Å²) < 4.78 is 1.82. The van der Waals surface area contributed by atoms with Crippen molar-refractivity contribution in [2.24, 2.45) is 5.92 Å². The number of carbonyl (C=O) groups excluding carboxylic acids is 1. The van der Waals surface area contributed by atoms with Gasteiger partial charge >= 0.3 is 0 Å². The number of piperazine rings is 1. The molecule has 36 heavy (non-hydrogen) atoms. The third kappa shape index (κ3) is 4.19. The summed E-state index contributed by atoms with van der Waals surface area (Å²) in [6.45, 7) is 7.27. The van der Waals surface area contributed by atoms with Crippen LogP contribution in [0.15, 0.2) is 42.7 Å². The highest BCUT2D eigenvalue weighted by molar-refractivity contribution is 5.94. The van der Waals surface area contributed by atoms with E-state index in [1.807, 2.05) is 53.9 Å². The number of aromatic hydroxyl groups is 1. The van der Waals surface area contributed by atoms with Gasteiger partial charge in [0.1, 0.15) is 11.3 Å². The fraction of sp³-hybridized carbons (Fsp3) is 0.407. The molecule has 0 radical (unpaired) electrons. The predicted molar refractivity (Wildman–Crippen MR) is 140 cm³/mol. The molecule has 2 fully saturated rings. The lowest BCUT2D eigenvalue weighted by atomic mass is 10.1. The van der Waals surface area contributed by atoms with Gasteiger partial charge in [0, 0.05) is 62.5 Å². The van der Waals surface area contributed by atoms with E-state index in [9.17, 15) is 9.90 Å². The average Bonchev–Trinajstić information content (AvgIpc) is 3.70. The number of nitrogens with one attached hydrogen (secondary N) is 1. The van der Waals surface area contributed by atoms with E-state index in [4.69, 9.17) is 9.97 Å². The molecule has 3 aromatic heterocycles.